The minimum atomic E-state index is 0.383. The highest BCUT2D eigenvalue weighted by atomic mass is 15.1. The van der Waals surface area contributed by atoms with Crippen molar-refractivity contribution in [1.82, 2.24) is 15.5 Å². The van der Waals surface area contributed by atoms with Crippen LogP contribution in [0, 0.1) is 13.8 Å². The molecule has 0 bridgehead atoms. The van der Waals surface area contributed by atoms with Crippen molar-refractivity contribution in [3.63, 3.8) is 0 Å². The van der Waals surface area contributed by atoms with Crippen molar-refractivity contribution < 1.29 is 0 Å². The van der Waals surface area contributed by atoms with Crippen LogP contribution in [-0.4, -0.2) is 17.2 Å². The van der Waals surface area contributed by atoms with Crippen LogP contribution in [0.1, 0.15) is 29.9 Å². The Hall–Kier alpha value is -0.830. The van der Waals surface area contributed by atoms with Gasteiger partial charge in [0.15, 0.2) is 0 Å². The molecule has 3 heteroatoms. The summed E-state index contributed by atoms with van der Waals surface area (Å²) in [5.74, 6) is 0. The molecule has 0 aliphatic carbocycles. The molecule has 3 nitrogen and oxygen atoms in total. The van der Waals surface area contributed by atoms with Crippen LogP contribution in [0.5, 0.6) is 0 Å². The Labute approximate surface area is 67.2 Å². The molecule has 1 rings (SSSR count). The highest BCUT2D eigenvalue weighted by Gasteiger charge is 2.11. The highest BCUT2D eigenvalue weighted by molar-refractivity contribution is 5.26. The molecule has 0 aliphatic heterocycles. The van der Waals surface area contributed by atoms with Crippen LogP contribution in [-0.2, 0) is 0 Å². The predicted octanol–water partition coefficient (Wildman–Crippen LogP) is 1.31. The molecule has 2 N–H and O–H groups in total. The third-order valence-electron chi connectivity index (χ3n) is 2.05. The lowest BCUT2D eigenvalue weighted by Crippen LogP contribution is -2.13. The fourth-order valence-corrected chi connectivity index (χ4v) is 1.34. The minimum absolute atomic E-state index is 0.383. The molecule has 0 radical (unpaired) electrons. The normalized spacial score (nSPS) is 13.5. The van der Waals surface area contributed by atoms with Crippen LogP contribution in [0.4, 0.5) is 0 Å². The molecule has 0 saturated carbocycles. The smallest absolute Gasteiger partial charge is 0.0641 e. The quantitative estimate of drug-likeness (QED) is 0.672. The largest absolute Gasteiger partial charge is 0.313 e. The van der Waals surface area contributed by atoms with Gasteiger partial charge in [-0.05, 0) is 27.8 Å². The van der Waals surface area contributed by atoms with E-state index in [0.29, 0.717) is 6.04 Å². The van der Waals surface area contributed by atoms with Gasteiger partial charge in [0.2, 0.25) is 0 Å². The molecule has 0 amide bonds. The lowest BCUT2D eigenvalue weighted by molar-refractivity contribution is 0.645. The molecule has 0 aromatic carbocycles. The van der Waals surface area contributed by atoms with Crippen molar-refractivity contribution in [2.75, 3.05) is 7.05 Å². The van der Waals surface area contributed by atoms with Gasteiger partial charge in [-0.3, -0.25) is 5.10 Å². The number of aromatic amines is 1. The predicted molar refractivity (Wildman–Crippen MR) is 45.5 cm³/mol. The van der Waals surface area contributed by atoms with E-state index in [0.717, 1.165) is 11.4 Å². The first-order valence-electron chi connectivity index (χ1n) is 3.85. The topological polar surface area (TPSA) is 40.7 Å². The Morgan fingerprint density at radius 3 is 2.45 bits per heavy atom. The Kier molecular flexibility index (Phi) is 2.29. The van der Waals surface area contributed by atoms with Crippen molar-refractivity contribution in [1.29, 1.82) is 0 Å². The van der Waals surface area contributed by atoms with Crippen molar-refractivity contribution in [2.24, 2.45) is 0 Å². The zero-order valence-corrected chi connectivity index (χ0v) is 7.52. The standard InChI is InChI=1S/C8H15N3/c1-5(9-4)8-6(2)10-11-7(8)3/h5,9H,1-4H3,(H,10,11)/t5-/m0/s1. The molecule has 0 unspecified atom stereocenters. The van der Waals surface area contributed by atoms with Gasteiger partial charge in [-0.25, -0.2) is 0 Å². The minimum Gasteiger partial charge on any atom is -0.313 e. The summed E-state index contributed by atoms with van der Waals surface area (Å²) in [6.07, 6.45) is 0. The molecule has 0 saturated heterocycles. The second kappa shape index (κ2) is 3.05. The second-order valence-corrected chi connectivity index (χ2v) is 2.86. The summed E-state index contributed by atoms with van der Waals surface area (Å²) in [5, 5.41) is 10.3. The first kappa shape index (κ1) is 8.27. The summed E-state index contributed by atoms with van der Waals surface area (Å²) in [4.78, 5) is 0. The van der Waals surface area contributed by atoms with E-state index in [4.69, 9.17) is 0 Å². The molecule has 1 heterocycles. The fourth-order valence-electron chi connectivity index (χ4n) is 1.34. The number of aryl methyl sites for hydroxylation is 2. The second-order valence-electron chi connectivity index (χ2n) is 2.86. The van der Waals surface area contributed by atoms with E-state index < -0.39 is 0 Å². The summed E-state index contributed by atoms with van der Waals surface area (Å²) >= 11 is 0. The Bertz CT molecular complexity index is 220. The van der Waals surface area contributed by atoms with E-state index in [1.165, 1.54) is 5.56 Å². The first-order chi connectivity index (χ1) is 5.16. The number of aromatic nitrogens is 2. The van der Waals surface area contributed by atoms with E-state index in [2.05, 4.69) is 22.4 Å². The van der Waals surface area contributed by atoms with Gasteiger partial charge in [-0.2, -0.15) is 5.10 Å². The number of nitrogens with one attached hydrogen (secondary N) is 2. The van der Waals surface area contributed by atoms with E-state index in [-0.39, 0.29) is 0 Å². The zero-order chi connectivity index (χ0) is 8.43. The average Bonchev–Trinajstić information content (AvgIpc) is 2.30. The van der Waals surface area contributed by atoms with Gasteiger partial charge in [0.1, 0.15) is 0 Å². The molecule has 1 atom stereocenters. The molecule has 11 heavy (non-hydrogen) atoms. The van der Waals surface area contributed by atoms with E-state index in [1.54, 1.807) is 0 Å². The summed E-state index contributed by atoms with van der Waals surface area (Å²) < 4.78 is 0. The van der Waals surface area contributed by atoms with Gasteiger partial charge < -0.3 is 5.32 Å². The molecule has 1 aromatic rings. The summed E-state index contributed by atoms with van der Waals surface area (Å²) in [5.41, 5.74) is 3.53. The van der Waals surface area contributed by atoms with E-state index in [9.17, 15) is 0 Å². The van der Waals surface area contributed by atoms with Gasteiger partial charge in [0, 0.05) is 17.3 Å². The number of nitrogens with zero attached hydrogens (tertiary/aromatic N) is 1. The summed E-state index contributed by atoms with van der Waals surface area (Å²) in [7, 11) is 1.95. The molecule has 1 aromatic heterocycles. The van der Waals surface area contributed by atoms with Crippen LogP contribution in [0.3, 0.4) is 0 Å². The number of H-pyrrole nitrogens is 1. The number of hydrogen-bond donors (Lipinski definition) is 2. The lowest BCUT2D eigenvalue weighted by Gasteiger charge is -2.09. The third kappa shape index (κ3) is 1.43. The summed E-state index contributed by atoms with van der Waals surface area (Å²) in [6.45, 7) is 6.20. The van der Waals surface area contributed by atoms with Gasteiger partial charge in [-0.1, -0.05) is 0 Å². The fraction of sp³-hybridized carbons (Fsp3) is 0.625. The van der Waals surface area contributed by atoms with Crippen molar-refractivity contribution in [3.05, 3.63) is 17.0 Å². The van der Waals surface area contributed by atoms with Crippen molar-refractivity contribution >= 4 is 0 Å². The SMILES string of the molecule is CN[C@@H](C)c1c(C)n[nH]c1C. The Balaban J connectivity index is 3.00. The average molecular weight is 153 g/mol. The maximum absolute atomic E-state index is 4.12. The molecule has 0 spiro atoms. The Morgan fingerprint density at radius 2 is 2.09 bits per heavy atom. The first-order valence-corrected chi connectivity index (χ1v) is 3.85. The molecule has 0 fully saturated rings. The maximum Gasteiger partial charge on any atom is 0.0641 e. The highest BCUT2D eigenvalue weighted by Crippen LogP contribution is 2.17. The van der Waals surface area contributed by atoms with Gasteiger partial charge >= 0.3 is 0 Å². The maximum atomic E-state index is 4.12. The number of rotatable bonds is 2. The monoisotopic (exact) mass is 153 g/mol. The molecular weight excluding hydrogens is 138 g/mol. The lowest BCUT2D eigenvalue weighted by atomic mass is 10.1. The molecule has 0 aliphatic rings. The Morgan fingerprint density at radius 1 is 1.45 bits per heavy atom. The number of hydrogen-bond acceptors (Lipinski definition) is 2. The summed E-state index contributed by atoms with van der Waals surface area (Å²) in [6, 6.07) is 0.383. The van der Waals surface area contributed by atoms with Crippen LogP contribution in [0.2, 0.25) is 0 Å². The van der Waals surface area contributed by atoms with Gasteiger partial charge in [0.05, 0.1) is 5.69 Å². The van der Waals surface area contributed by atoms with E-state index >= 15 is 0 Å². The van der Waals surface area contributed by atoms with Crippen LogP contribution >= 0.6 is 0 Å². The zero-order valence-electron chi connectivity index (χ0n) is 7.52. The molecule has 62 valence electrons. The van der Waals surface area contributed by atoms with Crippen molar-refractivity contribution in [2.45, 2.75) is 26.8 Å². The molecular formula is C8H15N3. The van der Waals surface area contributed by atoms with Crippen molar-refractivity contribution in [3.8, 4) is 0 Å². The van der Waals surface area contributed by atoms with Crippen LogP contribution < -0.4 is 5.32 Å². The van der Waals surface area contributed by atoms with Crippen LogP contribution in [0.15, 0.2) is 0 Å². The van der Waals surface area contributed by atoms with Gasteiger partial charge in [-0.15, -0.1) is 0 Å². The van der Waals surface area contributed by atoms with E-state index in [1.807, 2.05) is 20.9 Å². The third-order valence-corrected chi connectivity index (χ3v) is 2.05. The van der Waals surface area contributed by atoms with Gasteiger partial charge in [0.25, 0.3) is 0 Å². The van der Waals surface area contributed by atoms with Crippen LogP contribution in [0.25, 0.3) is 0 Å².